The molecule has 16 heavy (non-hydrogen) atoms. The van der Waals surface area contributed by atoms with E-state index in [0.29, 0.717) is 23.0 Å². The van der Waals surface area contributed by atoms with Crippen LogP contribution in [-0.4, -0.2) is 16.0 Å². The number of anilines is 1. The van der Waals surface area contributed by atoms with Gasteiger partial charge in [0.25, 0.3) is 0 Å². The van der Waals surface area contributed by atoms with Crippen LogP contribution in [0.25, 0.3) is 0 Å². The smallest absolute Gasteiger partial charge is 0.137 e. The van der Waals surface area contributed by atoms with Gasteiger partial charge in [0.05, 0.1) is 0 Å². The molecule has 1 heterocycles. The van der Waals surface area contributed by atoms with Crippen LogP contribution < -0.4 is 5.32 Å². The zero-order valence-corrected chi connectivity index (χ0v) is 10.4. The Kier molecular flexibility index (Phi) is 2.32. The van der Waals surface area contributed by atoms with E-state index in [1.54, 1.807) is 0 Å². The van der Waals surface area contributed by atoms with Crippen LogP contribution >= 0.6 is 11.6 Å². The lowest BCUT2D eigenvalue weighted by atomic mass is 10.3. The number of rotatable bonds is 3. The summed E-state index contributed by atoms with van der Waals surface area (Å²) >= 11 is 6.15. The maximum Gasteiger partial charge on any atom is 0.137 e. The van der Waals surface area contributed by atoms with E-state index in [4.69, 9.17) is 11.6 Å². The second-order valence-electron chi connectivity index (χ2n) is 5.08. The van der Waals surface area contributed by atoms with Crippen molar-refractivity contribution in [3.05, 3.63) is 16.5 Å². The van der Waals surface area contributed by atoms with E-state index in [2.05, 4.69) is 22.2 Å². The monoisotopic (exact) mass is 237 g/mol. The lowest BCUT2D eigenvalue weighted by Crippen LogP contribution is -2.08. The maximum atomic E-state index is 6.15. The summed E-state index contributed by atoms with van der Waals surface area (Å²) in [5.41, 5.74) is 0.977. The molecule has 0 saturated heterocycles. The third kappa shape index (κ3) is 1.88. The predicted molar refractivity (Wildman–Crippen MR) is 64.9 cm³/mol. The summed E-state index contributed by atoms with van der Waals surface area (Å²) in [6.45, 7) is 4.21. The SMILES string of the molecule is Cc1c(Cl)nc([C@@H]2C[C@@H]2C)nc1NC1CC1. The van der Waals surface area contributed by atoms with Gasteiger partial charge >= 0.3 is 0 Å². The molecule has 4 heteroatoms. The highest BCUT2D eigenvalue weighted by Crippen LogP contribution is 2.46. The summed E-state index contributed by atoms with van der Waals surface area (Å²) < 4.78 is 0. The number of nitrogens with one attached hydrogen (secondary N) is 1. The van der Waals surface area contributed by atoms with Gasteiger partial charge in [-0.25, -0.2) is 9.97 Å². The lowest BCUT2D eigenvalue weighted by molar-refractivity contribution is 0.837. The fourth-order valence-corrected chi connectivity index (χ4v) is 2.09. The molecule has 1 aromatic heterocycles. The second-order valence-corrected chi connectivity index (χ2v) is 5.44. The molecule has 2 fully saturated rings. The number of halogens is 1. The van der Waals surface area contributed by atoms with Crippen LogP contribution in [-0.2, 0) is 0 Å². The van der Waals surface area contributed by atoms with Gasteiger partial charge in [-0.3, -0.25) is 0 Å². The van der Waals surface area contributed by atoms with Crippen LogP contribution in [0.15, 0.2) is 0 Å². The molecule has 1 aromatic rings. The van der Waals surface area contributed by atoms with Crippen LogP contribution in [0.4, 0.5) is 5.82 Å². The zero-order valence-electron chi connectivity index (χ0n) is 9.63. The normalized spacial score (nSPS) is 27.9. The fourth-order valence-electron chi connectivity index (χ4n) is 1.91. The Bertz CT molecular complexity index is 429. The van der Waals surface area contributed by atoms with Gasteiger partial charge in [0.1, 0.15) is 16.8 Å². The van der Waals surface area contributed by atoms with Crippen LogP contribution in [0.3, 0.4) is 0 Å². The molecule has 1 N–H and O–H groups in total. The van der Waals surface area contributed by atoms with E-state index >= 15 is 0 Å². The minimum atomic E-state index is 0.526. The van der Waals surface area contributed by atoms with Gasteiger partial charge < -0.3 is 5.32 Å². The highest BCUT2D eigenvalue weighted by Gasteiger charge is 2.37. The zero-order chi connectivity index (χ0) is 11.3. The Hall–Kier alpha value is -0.830. The average molecular weight is 238 g/mol. The first-order chi connectivity index (χ1) is 7.65. The van der Waals surface area contributed by atoms with Gasteiger partial charge in [0.2, 0.25) is 0 Å². The molecule has 3 rings (SSSR count). The van der Waals surface area contributed by atoms with Gasteiger partial charge in [-0.2, -0.15) is 0 Å². The van der Waals surface area contributed by atoms with Gasteiger partial charge in [-0.15, -0.1) is 0 Å². The number of aromatic nitrogens is 2. The summed E-state index contributed by atoms with van der Waals surface area (Å²) in [6, 6.07) is 0.606. The largest absolute Gasteiger partial charge is 0.367 e. The maximum absolute atomic E-state index is 6.15. The molecule has 2 atom stereocenters. The molecule has 2 saturated carbocycles. The molecule has 0 amide bonds. The molecule has 2 aliphatic rings. The average Bonchev–Trinajstić information content (AvgIpc) is 3.11. The molecule has 0 bridgehead atoms. The van der Waals surface area contributed by atoms with Crippen molar-refractivity contribution in [1.29, 1.82) is 0 Å². The molecular formula is C12H16ClN3. The van der Waals surface area contributed by atoms with Crippen molar-refractivity contribution >= 4 is 17.4 Å². The van der Waals surface area contributed by atoms with Crippen molar-refractivity contribution in [3.63, 3.8) is 0 Å². The Balaban J connectivity index is 1.91. The van der Waals surface area contributed by atoms with E-state index in [1.807, 2.05) is 6.92 Å². The van der Waals surface area contributed by atoms with Crippen molar-refractivity contribution < 1.29 is 0 Å². The van der Waals surface area contributed by atoms with Crippen molar-refractivity contribution in [2.45, 2.75) is 45.1 Å². The summed E-state index contributed by atoms with van der Waals surface area (Å²) in [5, 5.41) is 4.03. The van der Waals surface area contributed by atoms with Crippen LogP contribution in [0.2, 0.25) is 5.15 Å². The van der Waals surface area contributed by atoms with Gasteiger partial charge in [0.15, 0.2) is 0 Å². The lowest BCUT2D eigenvalue weighted by Gasteiger charge is -2.10. The topological polar surface area (TPSA) is 37.8 Å². The molecule has 0 unspecified atom stereocenters. The molecule has 0 aromatic carbocycles. The fraction of sp³-hybridized carbons (Fsp3) is 0.667. The summed E-state index contributed by atoms with van der Waals surface area (Å²) in [4.78, 5) is 9.01. The molecule has 0 radical (unpaired) electrons. The highest BCUT2D eigenvalue weighted by atomic mass is 35.5. The first-order valence-corrected chi connectivity index (χ1v) is 6.33. The summed E-state index contributed by atoms with van der Waals surface area (Å²) in [7, 11) is 0. The van der Waals surface area contributed by atoms with E-state index in [1.165, 1.54) is 19.3 Å². The minimum Gasteiger partial charge on any atom is -0.367 e. The number of nitrogens with zero attached hydrogens (tertiary/aromatic N) is 2. The van der Waals surface area contributed by atoms with Crippen molar-refractivity contribution in [2.75, 3.05) is 5.32 Å². The molecule has 3 nitrogen and oxygen atoms in total. The van der Waals surface area contributed by atoms with E-state index in [-0.39, 0.29) is 0 Å². The number of hydrogen-bond donors (Lipinski definition) is 1. The van der Waals surface area contributed by atoms with Gasteiger partial charge in [0, 0.05) is 17.5 Å². The molecule has 2 aliphatic carbocycles. The quantitative estimate of drug-likeness (QED) is 0.821. The second kappa shape index (κ2) is 3.59. The molecular weight excluding hydrogens is 222 g/mol. The number of hydrogen-bond acceptors (Lipinski definition) is 3. The Morgan fingerprint density at radius 2 is 2.00 bits per heavy atom. The predicted octanol–water partition coefficient (Wildman–Crippen LogP) is 3.14. The van der Waals surface area contributed by atoms with Crippen molar-refractivity contribution in [3.8, 4) is 0 Å². The Morgan fingerprint density at radius 1 is 1.31 bits per heavy atom. The first-order valence-electron chi connectivity index (χ1n) is 5.95. The van der Waals surface area contributed by atoms with Crippen molar-refractivity contribution in [2.24, 2.45) is 5.92 Å². The highest BCUT2D eigenvalue weighted by molar-refractivity contribution is 6.30. The minimum absolute atomic E-state index is 0.526. The third-order valence-electron chi connectivity index (χ3n) is 3.46. The van der Waals surface area contributed by atoms with Crippen LogP contribution in [0, 0.1) is 12.8 Å². The first kappa shape index (κ1) is 10.3. The third-order valence-corrected chi connectivity index (χ3v) is 3.83. The van der Waals surface area contributed by atoms with Crippen LogP contribution in [0.5, 0.6) is 0 Å². The van der Waals surface area contributed by atoms with E-state index in [0.717, 1.165) is 17.2 Å². The molecule has 0 spiro atoms. The van der Waals surface area contributed by atoms with Gasteiger partial charge in [-0.05, 0) is 32.1 Å². The standard InChI is InChI=1S/C12H16ClN3/c1-6-5-9(6)12-15-10(13)7(2)11(16-12)14-8-3-4-8/h6,8-9H,3-5H2,1-2H3,(H,14,15,16)/t6-,9+/m0/s1. The summed E-state index contributed by atoms with van der Waals surface area (Å²) in [5.74, 6) is 3.10. The van der Waals surface area contributed by atoms with E-state index < -0.39 is 0 Å². The molecule has 0 aliphatic heterocycles. The van der Waals surface area contributed by atoms with Crippen LogP contribution in [0.1, 0.15) is 43.5 Å². The Morgan fingerprint density at radius 3 is 2.56 bits per heavy atom. The molecule has 86 valence electrons. The summed E-state index contributed by atoms with van der Waals surface area (Å²) in [6.07, 6.45) is 3.69. The van der Waals surface area contributed by atoms with Gasteiger partial charge in [-0.1, -0.05) is 18.5 Å². The van der Waals surface area contributed by atoms with Crippen molar-refractivity contribution in [1.82, 2.24) is 9.97 Å². The Labute approximate surface area is 101 Å². The van der Waals surface area contributed by atoms with E-state index in [9.17, 15) is 0 Å².